The van der Waals surface area contributed by atoms with Crippen LogP contribution in [0.3, 0.4) is 0 Å². The molecule has 0 unspecified atom stereocenters. The third kappa shape index (κ3) is 1.88. The maximum atomic E-state index is 4.25. The molecule has 2 aromatic heterocycles. The van der Waals surface area contributed by atoms with Crippen LogP contribution in [0.5, 0.6) is 0 Å². The fraction of sp³-hybridized carbons (Fsp3) is 0.312. The number of aromatic amines is 1. The second-order valence-electron chi connectivity index (χ2n) is 4.84. The Kier molecular flexibility index (Phi) is 3.01. The van der Waals surface area contributed by atoms with Gasteiger partial charge >= 0.3 is 0 Å². The average molecular weight is 238 g/mol. The van der Waals surface area contributed by atoms with Crippen LogP contribution in [0.4, 0.5) is 0 Å². The van der Waals surface area contributed by atoms with Gasteiger partial charge in [0, 0.05) is 34.2 Å². The predicted octanol–water partition coefficient (Wildman–Crippen LogP) is 4.45. The highest BCUT2D eigenvalue weighted by Gasteiger charge is 2.07. The summed E-state index contributed by atoms with van der Waals surface area (Å²) in [4.78, 5) is 7.72. The van der Waals surface area contributed by atoms with E-state index in [2.05, 4.69) is 35.1 Å². The van der Waals surface area contributed by atoms with Crippen LogP contribution >= 0.6 is 0 Å². The molecule has 0 spiro atoms. The van der Waals surface area contributed by atoms with Crippen LogP contribution in [0.25, 0.3) is 21.8 Å². The summed E-state index contributed by atoms with van der Waals surface area (Å²) < 4.78 is 0. The van der Waals surface area contributed by atoms with Crippen molar-refractivity contribution in [3.63, 3.8) is 0 Å². The van der Waals surface area contributed by atoms with E-state index >= 15 is 0 Å². The van der Waals surface area contributed by atoms with Gasteiger partial charge < -0.3 is 4.98 Å². The van der Waals surface area contributed by atoms with Crippen LogP contribution < -0.4 is 0 Å². The van der Waals surface area contributed by atoms with Crippen molar-refractivity contribution in [1.82, 2.24) is 9.97 Å². The second kappa shape index (κ2) is 4.81. The lowest BCUT2D eigenvalue weighted by atomic mass is 10.0. The number of H-pyrrole nitrogens is 1. The Hall–Kier alpha value is -1.83. The zero-order valence-corrected chi connectivity index (χ0v) is 10.7. The summed E-state index contributed by atoms with van der Waals surface area (Å²) in [6.45, 7) is 2.25. The van der Waals surface area contributed by atoms with E-state index in [1.54, 1.807) is 0 Å². The number of benzene rings is 1. The van der Waals surface area contributed by atoms with Gasteiger partial charge in [0.05, 0.1) is 0 Å². The highest BCUT2D eigenvalue weighted by molar-refractivity contribution is 6.08. The maximum Gasteiger partial charge on any atom is 0.0496 e. The molecule has 0 fully saturated rings. The fourth-order valence-electron chi connectivity index (χ4n) is 2.64. The van der Waals surface area contributed by atoms with E-state index in [1.165, 1.54) is 46.6 Å². The number of pyridine rings is 1. The van der Waals surface area contributed by atoms with Gasteiger partial charge in [-0.05, 0) is 30.5 Å². The predicted molar refractivity (Wildman–Crippen MR) is 76.8 cm³/mol. The third-order valence-corrected chi connectivity index (χ3v) is 3.56. The monoisotopic (exact) mass is 238 g/mol. The number of hydrogen-bond donors (Lipinski definition) is 1. The van der Waals surface area contributed by atoms with Crippen LogP contribution in [-0.2, 0) is 6.42 Å². The van der Waals surface area contributed by atoms with Gasteiger partial charge in [0.1, 0.15) is 0 Å². The molecule has 0 atom stereocenters. The van der Waals surface area contributed by atoms with Crippen molar-refractivity contribution < 1.29 is 0 Å². The molecule has 0 amide bonds. The number of fused-ring (bicyclic) bond motifs is 3. The van der Waals surface area contributed by atoms with Crippen molar-refractivity contribution in [1.29, 1.82) is 0 Å². The summed E-state index contributed by atoms with van der Waals surface area (Å²) in [6, 6.07) is 8.59. The Bertz CT molecular complexity index is 667. The van der Waals surface area contributed by atoms with Crippen LogP contribution in [0.1, 0.15) is 31.7 Å². The number of nitrogens with zero attached hydrogens (tertiary/aromatic N) is 1. The lowest BCUT2D eigenvalue weighted by Gasteiger charge is -2.03. The third-order valence-electron chi connectivity index (χ3n) is 3.56. The van der Waals surface area contributed by atoms with Crippen LogP contribution in [0.15, 0.2) is 36.7 Å². The highest BCUT2D eigenvalue weighted by Crippen LogP contribution is 2.28. The smallest absolute Gasteiger partial charge is 0.0496 e. The fourth-order valence-corrected chi connectivity index (χ4v) is 2.64. The first-order chi connectivity index (χ1) is 8.90. The minimum atomic E-state index is 1.16. The molecule has 0 bridgehead atoms. The number of rotatable bonds is 4. The number of aromatic nitrogens is 2. The molecule has 2 nitrogen and oxygen atoms in total. The van der Waals surface area contributed by atoms with E-state index < -0.39 is 0 Å². The molecule has 0 saturated carbocycles. The molecule has 0 saturated heterocycles. The molecule has 92 valence electrons. The van der Waals surface area contributed by atoms with E-state index in [1.807, 2.05) is 18.5 Å². The largest absolute Gasteiger partial charge is 0.354 e. The molecule has 0 aliphatic carbocycles. The number of nitrogens with one attached hydrogen (secondary N) is 1. The zero-order chi connectivity index (χ0) is 12.4. The van der Waals surface area contributed by atoms with E-state index in [-0.39, 0.29) is 0 Å². The van der Waals surface area contributed by atoms with Crippen molar-refractivity contribution in [2.45, 2.75) is 32.6 Å². The maximum absolute atomic E-state index is 4.25. The van der Waals surface area contributed by atoms with Gasteiger partial charge in [-0.15, -0.1) is 0 Å². The van der Waals surface area contributed by atoms with Crippen molar-refractivity contribution in [2.24, 2.45) is 0 Å². The summed E-state index contributed by atoms with van der Waals surface area (Å²) in [5.41, 5.74) is 3.86. The minimum Gasteiger partial charge on any atom is -0.354 e. The molecule has 1 aromatic carbocycles. The lowest BCUT2D eigenvalue weighted by Crippen LogP contribution is -1.86. The summed E-state index contributed by atoms with van der Waals surface area (Å²) in [5.74, 6) is 0. The molecule has 0 aliphatic heterocycles. The molecular formula is C16H18N2. The first-order valence-electron chi connectivity index (χ1n) is 6.73. The van der Waals surface area contributed by atoms with Crippen molar-refractivity contribution in [3.8, 4) is 0 Å². The SMILES string of the molecule is CCCCCc1cccc2[nH]c3ccncc3c12. The summed E-state index contributed by atoms with van der Waals surface area (Å²) in [6.07, 6.45) is 8.81. The van der Waals surface area contributed by atoms with Crippen LogP contribution in [0.2, 0.25) is 0 Å². The van der Waals surface area contributed by atoms with Gasteiger partial charge in [-0.3, -0.25) is 4.98 Å². The molecule has 0 radical (unpaired) electrons. The summed E-state index contributed by atoms with van der Waals surface area (Å²) in [5, 5.41) is 2.61. The average Bonchev–Trinajstić information content (AvgIpc) is 2.78. The molecular weight excluding hydrogens is 220 g/mol. The van der Waals surface area contributed by atoms with Gasteiger partial charge in [-0.25, -0.2) is 0 Å². The number of hydrogen-bond acceptors (Lipinski definition) is 1. The quantitative estimate of drug-likeness (QED) is 0.668. The Morgan fingerprint density at radius 1 is 1.11 bits per heavy atom. The van der Waals surface area contributed by atoms with Gasteiger partial charge in [-0.1, -0.05) is 31.9 Å². The molecule has 2 heterocycles. The lowest BCUT2D eigenvalue weighted by molar-refractivity contribution is 0.720. The van der Waals surface area contributed by atoms with E-state index in [0.29, 0.717) is 0 Å². The van der Waals surface area contributed by atoms with Crippen molar-refractivity contribution >= 4 is 21.8 Å². The number of aryl methyl sites for hydroxylation is 1. The second-order valence-corrected chi connectivity index (χ2v) is 4.84. The van der Waals surface area contributed by atoms with E-state index in [0.717, 1.165) is 6.42 Å². The van der Waals surface area contributed by atoms with Crippen molar-refractivity contribution in [2.75, 3.05) is 0 Å². The Morgan fingerprint density at radius 3 is 2.94 bits per heavy atom. The normalized spacial score (nSPS) is 11.4. The van der Waals surface area contributed by atoms with E-state index in [9.17, 15) is 0 Å². The Balaban J connectivity index is 2.13. The topological polar surface area (TPSA) is 28.7 Å². The molecule has 0 aliphatic rings. The first-order valence-corrected chi connectivity index (χ1v) is 6.73. The van der Waals surface area contributed by atoms with Crippen LogP contribution in [-0.4, -0.2) is 9.97 Å². The molecule has 2 heteroatoms. The van der Waals surface area contributed by atoms with Gasteiger partial charge in [0.15, 0.2) is 0 Å². The van der Waals surface area contributed by atoms with Gasteiger partial charge in [0.2, 0.25) is 0 Å². The number of unbranched alkanes of at least 4 members (excludes halogenated alkanes) is 2. The highest BCUT2D eigenvalue weighted by atomic mass is 14.7. The minimum absolute atomic E-state index is 1.16. The Morgan fingerprint density at radius 2 is 2.06 bits per heavy atom. The zero-order valence-electron chi connectivity index (χ0n) is 10.7. The van der Waals surface area contributed by atoms with E-state index in [4.69, 9.17) is 0 Å². The summed E-state index contributed by atoms with van der Waals surface area (Å²) in [7, 11) is 0. The molecule has 3 rings (SSSR count). The molecule has 1 N–H and O–H groups in total. The summed E-state index contributed by atoms with van der Waals surface area (Å²) >= 11 is 0. The van der Waals surface area contributed by atoms with Gasteiger partial charge in [0.25, 0.3) is 0 Å². The first kappa shape index (κ1) is 11.3. The Labute approximate surface area is 107 Å². The molecule has 3 aromatic rings. The van der Waals surface area contributed by atoms with Crippen LogP contribution in [0, 0.1) is 0 Å². The van der Waals surface area contributed by atoms with Gasteiger partial charge in [-0.2, -0.15) is 0 Å². The van der Waals surface area contributed by atoms with Crippen molar-refractivity contribution in [3.05, 3.63) is 42.2 Å². The molecule has 18 heavy (non-hydrogen) atoms. The standard InChI is InChI=1S/C16H18N2/c1-2-3-4-6-12-7-5-8-15-16(12)13-11-17-10-9-14(13)18-15/h5,7-11,18H,2-4,6H2,1H3.